The highest BCUT2D eigenvalue weighted by Gasteiger charge is 2.17. The Hall–Kier alpha value is -1.89. The maximum absolute atomic E-state index is 12.5. The maximum atomic E-state index is 12.5. The quantitative estimate of drug-likeness (QED) is 0.798. The van der Waals surface area contributed by atoms with Gasteiger partial charge in [0.15, 0.2) is 0 Å². The second kappa shape index (κ2) is 6.91. The number of H-pyrrole nitrogens is 1. The van der Waals surface area contributed by atoms with Gasteiger partial charge in [-0.05, 0) is 27.2 Å². The Kier molecular flexibility index (Phi) is 5.18. The standard InChI is InChI=1S/C15H22N4O2S/c1-5-6-7-16-13(20)8-12-10(3)18-19(14(12)21)15-17-9(2)11(4)22-15/h18H,5-8H2,1-4H3,(H,16,20). The van der Waals surface area contributed by atoms with Crippen molar-refractivity contribution in [3.63, 3.8) is 0 Å². The number of aromatic nitrogens is 3. The molecule has 0 saturated carbocycles. The molecule has 0 aliphatic heterocycles. The van der Waals surface area contributed by atoms with Crippen molar-refractivity contribution in [2.45, 2.75) is 47.0 Å². The van der Waals surface area contributed by atoms with E-state index in [1.807, 2.05) is 13.8 Å². The number of amides is 1. The lowest BCUT2D eigenvalue weighted by Crippen LogP contribution is -2.28. The Balaban J connectivity index is 2.20. The smallest absolute Gasteiger partial charge is 0.277 e. The summed E-state index contributed by atoms with van der Waals surface area (Å²) in [5.74, 6) is -0.119. The van der Waals surface area contributed by atoms with E-state index in [0.29, 0.717) is 22.9 Å². The average Bonchev–Trinajstić information content (AvgIpc) is 2.93. The predicted molar refractivity (Wildman–Crippen MR) is 87.9 cm³/mol. The molecule has 7 heteroatoms. The van der Waals surface area contributed by atoms with Crippen molar-refractivity contribution in [1.82, 2.24) is 20.1 Å². The fourth-order valence-electron chi connectivity index (χ4n) is 2.10. The van der Waals surface area contributed by atoms with E-state index in [2.05, 4.69) is 22.3 Å². The van der Waals surface area contributed by atoms with E-state index in [9.17, 15) is 9.59 Å². The van der Waals surface area contributed by atoms with E-state index in [-0.39, 0.29) is 17.9 Å². The lowest BCUT2D eigenvalue weighted by Gasteiger charge is -2.02. The third-order valence-corrected chi connectivity index (χ3v) is 4.65. The first-order valence-electron chi connectivity index (χ1n) is 7.45. The van der Waals surface area contributed by atoms with Crippen LogP contribution in [0.15, 0.2) is 4.79 Å². The topological polar surface area (TPSA) is 79.8 Å². The van der Waals surface area contributed by atoms with Crippen molar-refractivity contribution in [1.29, 1.82) is 0 Å². The number of thiazole rings is 1. The van der Waals surface area contributed by atoms with Crippen LogP contribution in [0.2, 0.25) is 0 Å². The van der Waals surface area contributed by atoms with Gasteiger partial charge in [0, 0.05) is 22.7 Å². The van der Waals surface area contributed by atoms with Gasteiger partial charge in [0.1, 0.15) is 0 Å². The van der Waals surface area contributed by atoms with Gasteiger partial charge in [0.2, 0.25) is 11.0 Å². The minimum atomic E-state index is -0.197. The summed E-state index contributed by atoms with van der Waals surface area (Å²) < 4.78 is 1.43. The molecule has 0 atom stereocenters. The van der Waals surface area contributed by atoms with Gasteiger partial charge in [-0.15, -0.1) is 0 Å². The molecule has 22 heavy (non-hydrogen) atoms. The van der Waals surface area contributed by atoms with Crippen LogP contribution in [-0.4, -0.2) is 27.2 Å². The summed E-state index contributed by atoms with van der Waals surface area (Å²) in [5, 5.41) is 6.46. The maximum Gasteiger partial charge on any atom is 0.277 e. The molecule has 0 fully saturated rings. The highest BCUT2D eigenvalue weighted by atomic mass is 32.1. The van der Waals surface area contributed by atoms with Gasteiger partial charge in [-0.2, -0.15) is 4.68 Å². The number of carbonyl (C=O) groups is 1. The van der Waals surface area contributed by atoms with Crippen LogP contribution in [0.5, 0.6) is 0 Å². The Morgan fingerprint density at radius 3 is 2.68 bits per heavy atom. The summed E-state index contributed by atoms with van der Waals surface area (Å²) in [6.45, 7) is 8.41. The van der Waals surface area contributed by atoms with Gasteiger partial charge >= 0.3 is 0 Å². The third-order valence-electron chi connectivity index (χ3n) is 3.59. The second-order valence-electron chi connectivity index (χ2n) is 5.37. The number of unbranched alkanes of at least 4 members (excludes halogenated alkanes) is 1. The molecule has 0 unspecified atom stereocenters. The van der Waals surface area contributed by atoms with Crippen LogP contribution in [0.4, 0.5) is 0 Å². The Morgan fingerprint density at radius 1 is 1.36 bits per heavy atom. The molecule has 0 radical (unpaired) electrons. The SMILES string of the molecule is CCCCNC(=O)Cc1c(C)[nH]n(-c2nc(C)c(C)s2)c1=O. The summed E-state index contributed by atoms with van der Waals surface area (Å²) in [5.41, 5.74) is 1.93. The molecule has 0 aliphatic carbocycles. The van der Waals surface area contributed by atoms with E-state index in [0.717, 1.165) is 23.4 Å². The van der Waals surface area contributed by atoms with Crippen molar-refractivity contribution in [3.8, 4) is 5.13 Å². The van der Waals surface area contributed by atoms with Gasteiger partial charge in [0.05, 0.1) is 12.1 Å². The van der Waals surface area contributed by atoms with Crippen molar-refractivity contribution < 1.29 is 4.79 Å². The normalized spacial score (nSPS) is 10.9. The second-order valence-corrected chi connectivity index (χ2v) is 6.56. The lowest BCUT2D eigenvalue weighted by molar-refractivity contribution is -0.120. The lowest BCUT2D eigenvalue weighted by atomic mass is 10.2. The highest BCUT2D eigenvalue weighted by molar-refractivity contribution is 7.14. The Morgan fingerprint density at radius 2 is 2.09 bits per heavy atom. The Bertz CT molecular complexity index is 707. The van der Waals surface area contributed by atoms with Crippen LogP contribution in [0, 0.1) is 20.8 Å². The number of aryl methyl sites for hydroxylation is 3. The first kappa shape index (κ1) is 16.5. The first-order chi connectivity index (χ1) is 10.4. The fourth-order valence-corrected chi connectivity index (χ4v) is 2.97. The molecule has 0 spiro atoms. The zero-order valence-corrected chi connectivity index (χ0v) is 14.3. The fraction of sp³-hybridized carbons (Fsp3) is 0.533. The average molecular weight is 322 g/mol. The van der Waals surface area contributed by atoms with Crippen molar-refractivity contribution in [2.24, 2.45) is 0 Å². The highest BCUT2D eigenvalue weighted by Crippen LogP contribution is 2.19. The van der Waals surface area contributed by atoms with Gasteiger partial charge in [-0.3, -0.25) is 14.7 Å². The van der Waals surface area contributed by atoms with Gasteiger partial charge in [0.25, 0.3) is 5.56 Å². The largest absolute Gasteiger partial charge is 0.356 e. The minimum absolute atomic E-state index is 0.0984. The van der Waals surface area contributed by atoms with Crippen molar-refractivity contribution in [3.05, 3.63) is 32.2 Å². The molecule has 2 heterocycles. The molecule has 0 aliphatic rings. The van der Waals surface area contributed by atoms with E-state index in [1.54, 1.807) is 6.92 Å². The molecule has 0 aromatic carbocycles. The molecule has 0 saturated heterocycles. The predicted octanol–water partition coefficient (Wildman–Crippen LogP) is 2.01. The van der Waals surface area contributed by atoms with Crippen LogP contribution >= 0.6 is 11.3 Å². The zero-order chi connectivity index (χ0) is 16.3. The molecular weight excluding hydrogens is 300 g/mol. The number of aromatic amines is 1. The van der Waals surface area contributed by atoms with Crippen LogP contribution in [-0.2, 0) is 11.2 Å². The third kappa shape index (κ3) is 3.47. The minimum Gasteiger partial charge on any atom is -0.356 e. The van der Waals surface area contributed by atoms with Gasteiger partial charge in [-0.25, -0.2) is 4.98 Å². The molecule has 2 aromatic heterocycles. The van der Waals surface area contributed by atoms with Crippen molar-refractivity contribution >= 4 is 17.2 Å². The number of nitrogens with zero attached hydrogens (tertiary/aromatic N) is 2. The van der Waals surface area contributed by atoms with Crippen LogP contribution in [0.25, 0.3) is 5.13 Å². The van der Waals surface area contributed by atoms with E-state index in [1.165, 1.54) is 16.0 Å². The molecule has 6 nitrogen and oxygen atoms in total. The molecule has 2 rings (SSSR count). The summed E-state index contributed by atoms with van der Waals surface area (Å²) in [6, 6.07) is 0. The number of hydrogen-bond donors (Lipinski definition) is 2. The Labute approximate surface area is 133 Å². The molecular formula is C15H22N4O2S. The summed E-state index contributed by atoms with van der Waals surface area (Å²) in [4.78, 5) is 29.9. The van der Waals surface area contributed by atoms with Gasteiger partial charge in [-0.1, -0.05) is 24.7 Å². The molecule has 2 aromatic rings. The first-order valence-corrected chi connectivity index (χ1v) is 8.27. The van der Waals surface area contributed by atoms with Gasteiger partial charge < -0.3 is 5.32 Å². The van der Waals surface area contributed by atoms with E-state index < -0.39 is 0 Å². The van der Waals surface area contributed by atoms with Crippen LogP contribution < -0.4 is 10.9 Å². The van der Waals surface area contributed by atoms with Crippen LogP contribution in [0.1, 0.15) is 41.6 Å². The number of carbonyl (C=O) groups excluding carboxylic acids is 1. The molecule has 0 bridgehead atoms. The zero-order valence-electron chi connectivity index (χ0n) is 13.4. The summed E-state index contributed by atoms with van der Waals surface area (Å²) in [6.07, 6.45) is 2.07. The van der Waals surface area contributed by atoms with E-state index >= 15 is 0 Å². The van der Waals surface area contributed by atoms with E-state index in [4.69, 9.17) is 0 Å². The molecule has 120 valence electrons. The summed E-state index contributed by atoms with van der Waals surface area (Å²) >= 11 is 1.46. The summed E-state index contributed by atoms with van der Waals surface area (Å²) in [7, 11) is 0. The number of nitrogens with one attached hydrogen (secondary N) is 2. The molecule has 2 N–H and O–H groups in total. The van der Waals surface area contributed by atoms with Crippen molar-refractivity contribution in [2.75, 3.05) is 6.54 Å². The number of hydrogen-bond acceptors (Lipinski definition) is 4. The number of rotatable bonds is 6. The molecule has 1 amide bonds. The van der Waals surface area contributed by atoms with Crippen LogP contribution in [0.3, 0.4) is 0 Å². The monoisotopic (exact) mass is 322 g/mol.